The summed E-state index contributed by atoms with van der Waals surface area (Å²) in [6.45, 7) is 5.93. The van der Waals surface area contributed by atoms with E-state index in [1.165, 1.54) is 0 Å². The zero-order valence-electron chi connectivity index (χ0n) is 8.39. The molecule has 0 bridgehead atoms. The molecule has 0 atom stereocenters. The van der Waals surface area contributed by atoms with Gasteiger partial charge >= 0.3 is 0 Å². The smallest absolute Gasteiger partial charge is 0.228 e. The molecule has 0 radical (unpaired) electrons. The quantitative estimate of drug-likeness (QED) is 0.653. The molecule has 1 amide bonds. The summed E-state index contributed by atoms with van der Waals surface area (Å²) >= 11 is 0. The lowest BCUT2D eigenvalue weighted by molar-refractivity contribution is -0.134. The van der Waals surface area contributed by atoms with Gasteiger partial charge in [-0.1, -0.05) is 6.92 Å². The van der Waals surface area contributed by atoms with E-state index in [1.807, 2.05) is 6.92 Å². The SMILES string of the molecule is CC1CC(NC(=O)C2(C)CNC2)C1. The summed E-state index contributed by atoms with van der Waals surface area (Å²) in [5, 5.41) is 6.25. The molecule has 3 heteroatoms. The van der Waals surface area contributed by atoms with E-state index in [9.17, 15) is 4.79 Å². The highest BCUT2D eigenvalue weighted by Gasteiger charge is 2.41. The molecule has 0 unspecified atom stereocenters. The number of rotatable bonds is 2. The second-order valence-corrected chi connectivity index (χ2v) is 4.91. The fourth-order valence-corrected chi connectivity index (χ4v) is 2.04. The topological polar surface area (TPSA) is 41.1 Å². The predicted octanol–water partition coefficient (Wildman–Crippen LogP) is 0.511. The van der Waals surface area contributed by atoms with Crippen LogP contribution in [-0.4, -0.2) is 25.0 Å². The lowest BCUT2D eigenvalue weighted by Gasteiger charge is -2.41. The van der Waals surface area contributed by atoms with E-state index in [2.05, 4.69) is 17.6 Å². The summed E-state index contributed by atoms with van der Waals surface area (Å²) in [6, 6.07) is 0.458. The third-order valence-electron chi connectivity index (χ3n) is 3.29. The Bertz CT molecular complexity index is 217. The maximum absolute atomic E-state index is 11.7. The van der Waals surface area contributed by atoms with E-state index in [0.717, 1.165) is 31.8 Å². The van der Waals surface area contributed by atoms with Crippen LogP contribution in [0.2, 0.25) is 0 Å². The molecule has 2 aliphatic rings. The number of amides is 1. The first-order chi connectivity index (χ1) is 6.10. The highest BCUT2D eigenvalue weighted by atomic mass is 16.2. The zero-order chi connectivity index (χ0) is 9.47. The van der Waals surface area contributed by atoms with Crippen molar-refractivity contribution in [3.8, 4) is 0 Å². The first-order valence-electron chi connectivity index (χ1n) is 5.12. The Morgan fingerprint density at radius 3 is 2.46 bits per heavy atom. The minimum atomic E-state index is -0.126. The van der Waals surface area contributed by atoms with Crippen molar-refractivity contribution in [2.24, 2.45) is 11.3 Å². The number of carbonyl (C=O) groups is 1. The number of nitrogens with one attached hydrogen (secondary N) is 2. The number of carbonyl (C=O) groups excluding carboxylic acids is 1. The Kier molecular flexibility index (Phi) is 2.06. The van der Waals surface area contributed by atoms with Crippen molar-refractivity contribution < 1.29 is 4.79 Å². The third kappa shape index (κ3) is 1.57. The highest BCUT2D eigenvalue weighted by molar-refractivity contribution is 5.84. The first-order valence-corrected chi connectivity index (χ1v) is 5.12. The molecule has 0 spiro atoms. The third-order valence-corrected chi connectivity index (χ3v) is 3.29. The van der Waals surface area contributed by atoms with Gasteiger partial charge in [0.25, 0.3) is 0 Å². The van der Waals surface area contributed by atoms with Crippen molar-refractivity contribution in [3.63, 3.8) is 0 Å². The van der Waals surface area contributed by atoms with Gasteiger partial charge in [0.15, 0.2) is 0 Å². The van der Waals surface area contributed by atoms with Crippen molar-refractivity contribution >= 4 is 5.91 Å². The van der Waals surface area contributed by atoms with E-state index < -0.39 is 0 Å². The maximum atomic E-state index is 11.7. The average molecular weight is 182 g/mol. The van der Waals surface area contributed by atoms with E-state index in [-0.39, 0.29) is 11.3 Å². The minimum Gasteiger partial charge on any atom is -0.353 e. The van der Waals surface area contributed by atoms with Gasteiger partial charge in [-0.3, -0.25) is 4.79 Å². The molecule has 0 aromatic heterocycles. The molecule has 13 heavy (non-hydrogen) atoms. The van der Waals surface area contributed by atoms with E-state index in [0.29, 0.717) is 6.04 Å². The maximum Gasteiger partial charge on any atom is 0.228 e. The Hall–Kier alpha value is -0.570. The van der Waals surface area contributed by atoms with Gasteiger partial charge in [-0.05, 0) is 25.7 Å². The molecule has 1 saturated heterocycles. The van der Waals surface area contributed by atoms with Crippen LogP contribution in [0, 0.1) is 11.3 Å². The molecule has 3 nitrogen and oxygen atoms in total. The molecular weight excluding hydrogens is 164 g/mol. The fraction of sp³-hybridized carbons (Fsp3) is 0.900. The molecule has 1 heterocycles. The summed E-state index contributed by atoms with van der Waals surface area (Å²) in [4.78, 5) is 11.7. The zero-order valence-corrected chi connectivity index (χ0v) is 8.39. The van der Waals surface area contributed by atoms with Gasteiger partial charge in [0.1, 0.15) is 0 Å². The molecule has 1 saturated carbocycles. The van der Waals surface area contributed by atoms with Crippen molar-refractivity contribution in [2.45, 2.75) is 32.7 Å². The predicted molar refractivity (Wildman–Crippen MR) is 51.3 cm³/mol. The lowest BCUT2D eigenvalue weighted by atomic mass is 9.79. The molecule has 0 aromatic carbocycles. The molecule has 2 N–H and O–H groups in total. The van der Waals surface area contributed by atoms with Gasteiger partial charge in [-0.25, -0.2) is 0 Å². The van der Waals surface area contributed by atoms with Crippen molar-refractivity contribution in [2.75, 3.05) is 13.1 Å². The van der Waals surface area contributed by atoms with Crippen LogP contribution in [0.4, 0.5) is 0 Å². The Morgan fingerprint density at radius 1 is 1.46 bits per heavy atom. The van der Waals surface area contributed by atoms with Gasteiger partial charge < -0.3 is 10.6 Å². The summed E-state index contributed by atoms with van der Waals surface area (Å²) in [7, 11) is 0. The van der Waals surface area contributed by atoms with Crippen LogP contribution in [0.1, 0.15) is 26.7 Å². The van der Waals surface area contributed by atoms with Gasteiger partial charge in [0.2, 0.25) is 5.91 Å². The highest BCUT2D eigenvalue weighted by Crippen LogP contribution is 2.28. The van der Waals surface area contributed by atoms with Gasteiger partial charge in [0, 0.05) is 19.1 Å². The Balaban J connectivity index is 1.78. The summed E-state index contributed by atoms with van der Waals surface area (Å²) < 4.78 is 0. The lowest BCUT2D eigenvalue weighted by Crippen LogP contribution is -2.61. The van der Waals surface area contributed by atoms with Gasteiger partial charge in [-0.15, -0.1) is 0 Å². The van der Waals surface area contributed by atoms with E-state index in [4.69, 9.17) is 0 Å². The Labute approximate surface area is 79.3 Å². The van der Waals surface area contributed by atoms with Crippen LogP contribution in [-0.2, 0) is 4.79 Å². The molecule has 2 fully saturated rings. The molecule has 1 aliphatic heterocycles. The monoisotopic (exact) mass is 182 g/mol. The van der Waals surface area contributed by atoms with Crippen molar-refractivity contribution in [1.29, 1.82) is 0 Å². The largest absolute Gasteiger partial charge is 0.353 e. The standard InChI is InChI=1S/C10H18N2O/c1-7-3-8(4-7)12-9(13)10(2)5-11-6-10/h7-8,11H,3-6H2,1-2H3,(H,12,13). The molecule has 74 valence electrons. The summed E-state index contributed by atoms with van der Waals surface area (Å²) in [6.07, 6.45) is 2.32. The van der Waals surface area contributed by atoms with Crippen LogP contribution in [0.3, 0.4) is 0 Å². The first kappa shape index (κ1) is 9.00. The molecule has 2 rings (SSSR count). The second kappa shape index (κ2) is 2.98. The minimum absolute atomic E-state index is 0.126. The van der Waals surface area contributed by atoms with Crippen LogP contribution in [0.15, 0.2) is 0 Å². The molecule has 1 aliphatic carbocycles. The van der Waals surface area contributed by atoms with E-state index >= 15 is 0 Å². The molecular formula is C10H18N2O. The second-order valence-electron chi connectivity index (χ2n) is 4.91. The van der Waals surface area contributed by atoms with Gasteiger partial charge in [0.05, 0.1) is 5.41 Å². The average Bonchev–Trinajstić information content (AvgIpc) is 1.97. The summed E-state index contributed by atoms with van der Waals surface area (Å²) in [5.74, 6) is 1.04. The fourth-order valence-electron chi connectivity index (χ4n) is 2.04. The van der Waals surface area contributed by atoms with Crippen LogP contribution in [0.25, 0.3) is 0 Å². The van der Waals surface area contributed by atoms with Crippen molar-refractivity contribution in [1.82, 2.24) is 10.6 Å². The van der Waals surface area contributed by atoms with Crippen LogP contribution in [0.5, 0.6) is 0 Å². The van der Waals surface area contributed by atoms with Gasteiger partial charge in [-0.2, -0.15) is 0 Å². The van der Waals surface area contributed by atoms with Crippen LogP contribution < -0.4 is 10.6 Å². The summed E-state index contributed by atoms with van der Waals surface area (Å²) in [5.41, 5.74) is -0.126. The van der Waals surface area contributed by atoms with Crippen molar-refractivity contribution in [3.05, 3.63) is 0 Å². The normalized spacial score (nSPS) is 35.8. The number of hydrogen-bond acceptors (Lipinski definition) is 2. The molecule has 0 aromatic rings. The van der Waals surface area contributed by atoms with Crippen LogP contribution >= 0.6 is 0 Å². The Morgan fingerprint density at radius 2 is 2.08 bits per heavy atom. The number of hydrogen-bond donors (Lipinski definition) is 2. The van der Waals surface area contributed by atoms with E-state index in [1.54, 1.807) is 0 Å².